The van der Waals surface area contributed by atoms with Crippen molar-refractivity contribution in [2.45, 2.75) is 25.8 Å². The van der Waals surface area contributed by atoms with Crippen molar-refractivity contribution < 1.29 is 23.9 Å². The number of fused-ring (bicyclic) bond motifs is 1. The third-order valence-electron chi connectivity index (χ3n) is 4.89. The molecule has 28 heavy (non-hydrogen) atoms. The molecular weight excluding hydrogens is 362 g/mol. The number of carbonyl (C=O) groups excluding carboxylic acids is 4. The van der Waals surface area contributed by atoms with Crippen LogP contribution in [0.1, 0.15) is 25.3 Å². The number of rotatable bonds is 5. The first-order chi connectivity index (χ1) is 13.4. The van der Waals surface area contributed by atoms with Crippen molar-refractivity contribution in [3.63, 3.8) is 0 Å². The van der Waals surface area contributed by atoms with Gasteiger partial charge in [-0.25, -0.2) is 4.79 Å². The standard InChI is InChI=1S/C20H19N3O5/c1-12(23-18(25)15-7-2-3-8-16(15)19(23)26)20(27)28-11-17(24)22-14-6-4-5-13(9-14)10-21/h2-6,9,12,15-16H,7-8,11H2,1H3,(H,22,24)/t12-,15-,16+/m0/s1. The molecule has 3 amide bonds. The minimum Gasteiger partial charge on any atom is -0.454 e. The van der Waals surface area contributed by atoms with E-state index in [4.69, 9.17) is 10.00 Å². The van der Waals surface area contributed by atoms with Gasteiger partial charge in [-0.3, -0.25) is 19.3 Å². The predicted molar refractivity (Wildman–Crippen MR) is 97.4 cm³/mol. The van der Waals surface area contributed by atoms with E-state index in [0.717, 1.165) is 4.90 Å². The van der Waals surface area contributed by atoms with E-state index < -0.39 is 36.4 Å². The van der Waals surface area contributed by atoms with Gasteiger partial charge in [-0.2, -0.15) is 5.26 Å². The Bertz CT molecular complexity index is 875. The van der Waals surface area contributed by atoms with Gasteiger partial charge in [0.15, 0.2) is 6.61 Å². The van der Waals surface area contributed by atoms with Gasteiger partial charge in [-0.05, 0) is 38.0 Å². The molecule has 1 heterocycles. The Morgan fingerprint density at radius 3 is 2.50 bits per heavy atom. The van der Waals surface area contributed by atoms with Gasteiger partial charge in [0.1, 0.15) is 6.04 Å². The lowest BCUT2D eigenvalue weighted by Crippen LogP contribution is -2.45. The van der Waals surface area contributed by atoms with E-state index >= 15 is 0 Å². The summed E-state index contributed by atoms with van der Waals surface area (Å²) < 4.78 is 4.98. The fourth-order valence-corrected chi connectivity index (χ4v) is 3.43. The van der Waals surface area contributed by atoms with Crippen molar-refractivity contribution in [3.8, 4) is 6.07 Å². The molecule has 8 nitrogen and oxygen atoms in total. The highest BCUT2D eigenvalue weighted by Crippen LogP contribution is 2.36. The third kappa shape index (κ3) is 3.78. The number of anilines is 1. The number of hydrogen-bond acceptors (Lipinski definition) is 6. The molecule has 1 aliphatic heterocycles. The minimum atomic E-state index is -1.10. The summed E-state index contributed by atoms with van der Waals surface area (Å²) in [6, 6.07) is 7.15. The lowest BCUT2D eigenvalue weighted by Gasteiger charge is -2.21. The molecule has 0 saturated carbocycles. The molecule has 8 heteroatoms. The highest BCUT2D eigenvalue weighted by atomic mass is 16.5. The summed E-state index contributed by atoms with van der Waals surface area (Å²) in [5.41, 5.74) is 0.778. The van der Waals surface area contributed by atoms with E-state index in [1.54, 1.807) is 18.2 Å². The number of esters is 1. The van der Waals surface area contributed by atoms with Crippen LogP contribution in [0.5, 0.6) is 0 Å². The monoisotopic (exact) mass is 381 g/mol. The number of imide groups is 1. The number of allylic oxidation sites excluding steroid dienone is 2. The van der Waals surface area contributed by atoms with Crippen molar-refractivity contribution in [1.82, 2.24) is 4.90 Å². The lowest BCUT2D eigenvalue weighted by atomic mass is 9.85. The van der Waals surface area contributed by atoms with Crippen molar-refractivity contribution in [2.24, 2.45) is 11.8 Å². The predicted octanol–water partition coefficient (Wildman–Crippen LogP) is 1.38. The summed E-state index contributed by atoms with van der Waals surface area (Å²) in [4.78, 5) is 50.2. The van der Waals surface area contributed by atoms with E-state index in [1.165, 1.54) is 13.0 Å². The van der Waals surface area contributed by atoms with Crippen LogP contribution in [0.25, 0.3) is 0 Å². The number of hydrogen-bond donors (Lipinski definition) is 1. The Balaban J connectivity index is 1.56. The summed E-state index contributed by atoms with van der Waals surface area (Å²) in [6.07, 6.45) is 4.70. The van der Waals surface area contributed by atoms with Crippen LogP contribution < -0.4 is 5.32 Å². The number of nitrogens with one attached hydrogen (secondary N) is 1. The SMILES string of the molecule is C[C@@H](C(=O)OCC(=O)Nc1cccc(C#N)c1)N1C(=O)[C@H]2CC=CC[C@H]2C1=O. The molecule has 0 radical (unpaired) electrons. The zero-order valence-electron chi connectivity index (χ0n) is 15.3. The van der Waals surface area contributed by atoms with Gasteiger partial charge in [0.05, 0.1) is 23.5 Å². The highest BCUT2D eigenvalue weighted by molar-refractivity contribution is 6.08. The second kappa shape index (κ2) is 8.05. The van der Waals surface area contributed by atoms with E-state index in [1.807, 2.05) is 18.2 Å². The first-order valence-electron chi connectivity index (χ1n) is 8.91. The molecule has 0 spiro atoms. The normalized spacial score (nSPS) is 21.6. The van der Waals surface area contributed by atoms with Crippen LogP contribution in [0, 0.1) is 23.2 Å². The first kappa shape index (κ1) is 19.3. The molecule has 1 saturated heterocycles. The van der Waals surface area contributed by atoms with E-state index in [-0.39, 0.29) is 11.8 Å². The van der Waals surface area contributed by atoms with Crippen LogP contribution in [0.15, 0.2) is 36.4 Å². The Kier molecular flexibility index (Phi) is 5.54. The van der Waals surface area contributed by atoms with Crippen LogP contribution in [0.2, 0.25) is 0 Å². The zero-order valence-corrected chi connectivity index (χ0v) is 15.3. The highest BCUT2D eigenvalue weighted by Gasteiger charge is 2.50. The van der Waals surface area contributed by atoms with Crippen LogP contribution in [-0.2, 0) is 23.9 Å². The molecule has 1 N–H and O–H groups in total. The van der Waals surface area contributed by atoms with Crippen LogP contribution in [0.3, 0.4) is 0 Å². The number of amides is 3. The Hall–Kier alpha value is -3.47. The van der Waals surface area contributed by atoms with Crippen molar-refractivity contribution in [3.05, 3.63) is 42.0 Å². The van der Waals surface area contributed by atoms with Gasteiger partial charge in [-0.1, -0.05) is 18.2 Å². The second-order valence-corrected chi connectivity index (χ2v) is 6.73. The number of benzene rings is 1. The molecule has 1 aromatic rings. The number of ether oxygens (including phenoxy) is 1. The van der Waals surface area contributed by atoms with E-state index in [2.05, 4.69) is 5.32 Å². The van der Waals surface area contributed by atoms with Gasteiger partial charge in [0.25, 0.3) is 5.91 Å². The summed E-state index contributed by atoms with van der Waals surface area (Å²) in [7, 11) is 0. The molecule has 1 aromatic carbocycles. The molecule has 3 atom stereocenters. The largest absolute Gasteiger partial charge is 0.454 e. The molecule has 3 rings (SSSR count). The molecule has 2 aliphatic rings. The lowest BCUT2D eigenvalue weighted by molar-refractivity contribution is -0.159. The number of nitriles is 1. The maximum absolute atomic E-state index is 12.5. The first-order valence-corrected chi connectivity index (χ1v) is 8.91. The van der Waals surface area contributed by atoms with Gasteiger partial charge in [-0.15, -0.1) is 0 Å². The van der Waals surface area contributed by atoms with Gasteiger partial charge >= 0.3 is 5.97 Å². The molecule has 0 aromatic heterocycles. The molecule has 1 aliphatic carbocycles. The summed E-state index contributed by atoms with van der Waals surface area (Å²) in [6.45, 7) is 0.849. The van der Waals surface area contributed by atoms with Crippen molar-refractivity contribution in [1.29, 1.82) is 5.26 Å². The average Bonchev–Trinajstić information content (AvgIpc) is 2.96. The maximum atomic E-state index is 12.5. The summed E-state index contributed by atoms with van der Waals surface area (Å²) in [5, 5.41) is 11.4. The molecule has 0 unspecified atom stereocenters. The Morgan fingerprint density at radius 1 is 1.25 bits per heavy atom. The van der Waals surface area contributed by atoms with Crippen LogP contribution in [-0.4, -0.2) is 41.2 Å². The fourth-order valence-electron chi connectivity index (χ4n) is 3.43. The minimum absolute atomic E-state index is 0.374. The van der Waals surface area contributed by atoms with E-state index in [9.17, 15) is 19.2 Å². The summed E-state index contributed by atoms with van der Waals surface area (Å²) >= 11 is 0. The number of likely N-dealkylation sites (tertiary alicyclic amines) is 1. The number of carbonyl (C=O) groups is 4. The third-order valence-corrected chi connectivity index (χ3v) is 4.89. The zero-order chi connectivity index (χ0) is 20.3. The van der Waals surface area contributed by atoms with Crippen LogP contribution >= 0.6 is 0 Å². The molecular formula is C20H19N3O5. The quantitative estimate of drug-likeness (QED) is 0.468. The van der Waals surface area contributed by atoms with Crippen LogP contribution in [0.4, 0.5) is 5.69 Å². The smallest absolute Gasteiger partial charge is 0.329 e. The van der Waals surface area contributed by atoms with Crippen molar-refractivity contribution in [2.75, 3.05) is 11.9 Å². The Morgan fingerprint density at radius 2 is 1.89 bits per heavy atom. The molecule has 1 fully saturated rings. The van der Waals surface area contributed by atoms with Gasteiger partial charge < -0.3 is 10.1 Å². The Labute approximate surface area is 161 Å². The summed E-state index contributed by atoms with van der Waals surface area (Å²) in [5.74, 6) is -3.02. The molecule has 144 valence electrons. The average molecular weight is 381 g/mol. The van der Waals surface area contributed by atoms with E-state index in [0.29, 0.717) is 24.1 Å². The van der Waals surface area contributed by atoms with Crippen molar-refractivity contribution >= 4 is 29.4 Å². The second-order valence-electron chi connectivity index (χ2n) is 6.73. The number of nitrogens with zero attached hydrogens (tertiary/aromatic N) is 2. The topological polar surface area (TPSA) is 117 Å². The fraction of sp³-hybridized carbons (Fsp3) is 0.350. The molecule has 0 bridgehead atoms. The van der Waals surface area contributed by atoms with Gasteiger partial charge in [0.2, 0.25) is 11.8 Å². The van der Waals surface area contributed by atoms with Gasteiger partial charge in [0, 0.05) is 5.69 Å². The maximum Gasteiger partial charge on any atom is 0.329 e.